The van der Waals surface area contributed by atoms with E-state index in [4.69, 9.17) is 10.8 Å². The van der Waals surface area contributed by atoms with Crippen LogP contribution in [-0.4, -0.2) is 49.9 Å². The van der Waals surface area contributed by atoms with Crippen molar-refractivity contribution in [1.29, 1.82) is 0 Å². The molecule has 0 radical (unpaired) electrons. The number of fused-ring (bicyclic) bond motifs is 1. The van der Waals surface area contributed by atoms with E-state index >= 15 is 0 Å². The highest BCUT2D eigenvalue weighted by molar-refractivity contribution is 7.99. The molecule has 0 bridgehead atoms. The van der Waals surface area contributed by atoms with Gasteiger partial charge in [-0.3, -0.25) is 4.79 Å². The second kappa shape index (κ2) is 7.63. The normalized spacial score (nSPS) is 15.9. The van der Waals surface area contributed by atoms with Crippen LogP contribution >= 0.6 is 11.8 Å². The zero-order valence-corrected chi connectivity index (χ0v) is 13.9. The van der Waals surface area contributed by atoms with Crippen molar-refractivity contribution < 1.29 is 28.2 Å². The van der Waals surface area contributed by atoms with Crippen molar-refractivity contribution in [2.75, 3.05) is 11.5 Å². The summed E-state index contributed by atoms with van der Waals surface area (Å²) in [7, 11) is 0. The van der Waals surface area contributed by atoms with E-state index in [2.05, 4.69) is 9.97 Å². The van der Waals surface area contributed by atoms with Crippen molar-refractivity contribution in [2.24, 2.45) is 5.73 Å². The Balaban J connectivity index is 2.06. The standard InChI is InChI=1S/C15H18F3N3O3S/c16-15(17,18)14(24,6-8-25-7-5-9(19)12(22)23)13-20-10-3-1-2-4-11(10)21-13/h1-4,9,24H,5-8,19H2,(H,20,21)(H,22,23). The van der Waals surface area contributed by atoms with Gasteiger partial charge in [-0.2, -0.15) is 24.9 Å². The van der Waals surface area contributed by atoms with Gasteiger partial charge in [0, 0.05) is 6.42 Å². The van der Waals surface area contributed by atoms with Gasteiger partial charge in [0.05, 0.1) is 11.0 Å². The monoisotopic (exact) mass is 377 g/mol. The maximum atomic E-state index is 13.4. The summed E-state index contributed by atoms with van der Waals surface area (Å²) in [5.41, 5.74) is 2.96. The summed E-state index contributed by atoms with van der Waals surface area (Å²) in [6.45, 7) is 0. The number of carboxylic acids is 1. The molecule has 0 saturated heterocycles. The van der Waals surface area contributed by atoms with E-state index in [1.165, 1.54) is 0 Å². The van der Waals surface area contributed by atoms with E-state index < -0.39 is 36.0 Å². The Kier molecular flexibility index (Phi) is 5.96. The van der Waals surface area contributed by atoms with Gasteiger partial charge in [0.25, 0.3) is 0 Å². The molecule has 0 amide bonds. The molecule has 1 aromatic carbocycles. The highest BCUT2D eigenvalue weighted by atomic mass is 32.2. The van der Waals surface area contributed by atoms with Gasteiger partial charge in [-0.1, -0.05) is 12.1 Å². The van der Waals surface area contributed by atoms with Crippen molar-refractivity contribution in [3.05, 3.63) is 30.1 Å². The maximum absolute atomic E-state index is 13.4. The molecular formula is C15H18F3N3O3S. The molecule has 0 spiro atoms. The predicted octanol–water partition coefficient (Wildman–Crippen LogP) is 2.24. The van der Waals surface area contributed by atoms with E-state index in [9.17, 15) is 23.1 Å². The number of H-pyrrole nitrogens is 1. The molecule has 0 saturated carbocycles. The molecule has 25 heavy (non-hydrogen) atoms. The molecule has 0 aliphatic rings. The Morgan fingerprint density at radius 3 is 2.60 bits per heavy atom. The van der Waals surface area contributed by atoms with Crippen LogP contribution in [0.4, 0.5) is 13.2 Å². The molecule has 1 heterocycles. The van der Waals surface area contributed by atoms with Crippen molar-refractivity contribution in [2.45, 2.75) is 30.7 Å². The molecule has 6 nitrogen and oxygen atoms in total. The van der Waals surface area contributed by atoms with E-state index in [1.807, 2.05) is 0 Å². The number of aliphatic carboxylic acids is 1. The Morgan fingerprint density at radius 1 is 1.32 bits per heavy atom. The second-order valence-corrected chi connectivity index (χ2v) is 6.78. The van der Waals surface area contributed by atoms with Gasteiger partial charge in [0.1, 0.15) is 11.9 Å². The number of benzene rings is 1. The first-order chi connectivity index (χ1) is 11.6. The lowest BCUT2D eigenvalue weighted by atomic mass is 9.99. The van der Waals surface area contributed by atoms with Gasteiger partial charge in [0.15, 0.2) is 0 Å². The van der Waals surface area contributed by atoms with Crippen LogP contribution in [0.25, 0.3) is 11.0 Å². The average molecular weight is 377 g/mol. The molecule has 0 aliphatic heterocycles. The minimum Gasteiger partial charge on any atom is -0.480 e. The molecule has 2 aromatic rings. The molecule has 2 atom stereocenters. The van der Waals surface area contributed by atoms with Crippen LogP contribution in [0.1, 0.15) is 18.7 Å². The Bertz CT molecular complexity index is 704. The van der Waals surface area contributed by atoms with Crippen LogP contribution in [0.5, 0.6) is 0 Å². The zero-order chi connectivity index (χ0) is 18.7. The summed E-state index contributed by atoms with van der Waals surface area (Å²) in [5.74, 6) is -1.46. The van der Waals surface area contributed by atoms with E-state index in [-0.39, 0.29) is 17.9 Å². The van der Waals surface area contributed by atoms with Crippen LogP contribution < -0.4 is 5.73 Å². The number of nitrogens with zero attached hydrogens (tertiary/aromatic N) is 1. The van der Waals surface area contributed by atoms with Gasteiger partial charge in [0.2, 0.25) is 5.60 Å². The third-order valence-corrected chi connectivity index (χ3v) is 4.77. The Hall–Kier alpha value is -1.78. The number of hydrogen-bond acceptors (Lipinski definition) is 5. The number of para-hydroxylation sites is 2. The maximum Gasteiger partial charge on any atom is 0.424 e. The lowest BCUT2D eigenvalue weighted by Gasteiger charge is -2.28. The number of hydrogen-bond donors (Lipinski definition) is 4. The fraction of sp³-hybridized carbons (Fsp3) is 0.467. The first-order valence-corrected chi connectivity index (χ1v) is 8.61. The molecule has 10 heteroatoms. The summed E-state index contributed by atoms with van der Waals surface area (Å²) in [5, 5.41) is 18.9. The van der Waals surface area contributed by atoms with Crippen LogP contribution in [-0.2, 0) is 10.4 Å². The number of carboxylic acid groups (broad SMARTS) is 1. The summed E-state index contributed by atoms with van der Waals surface area (Å²) in [4.78, 5) is 17.0. The van der Waals surface area contributed by atoms with Gasteiger partial charge in [-0.05, 0) is 30.1 Å². The van der Waals surface area contributed by atoms with Crippen molar-refractivity contribution >= 4 is 28.8 Å². The number of halogens is 3. The van der Waals surface area contributed by atoms with Gasteiger partial charge < -0.3 is 20.9 Å². The number of aliphatic hydroxyl groups is 1. The number of imidazole rings is 1. The molecule has 2 unspecified atom stereocenters. The Morgan fingerprint density at radius 2 is 2.00 bits per heavy atom. The fourth-order valence-corrected chi connectivity index (χ4v) is 3.26. The third kappa shape index (κ3) is 4.44. The number of nitrogens with two attached hydrogens (primary N) is 1. The SMILES string of the molecule is NC(CCSCCC(O)(c1nc2ccccc2[nH]1)C(F)(F)F)C(=O)O. The van der Waals surface area contributed by atoms with E-state index in [0.29, 0.717) is 11.0 Å². The average Bonchev–Trinajstić information content (AvgIpc) is 2.97. The molecule has 138 valence electrons. The lowest BCUT2D eigenvalue weighted by Crippen LogP contribution is -2.43. The summed E-state index contributed by atoms with van der Waals surface area (Å²) < 4.78 is 40.3. The molecule has 0 fully saturated rings. The quantitative estimate of drug-likeness (QED) is 0.525. The first kappa shape index (κ1) is 19.5. The highest BCUT2D eigenvalue weighted by Crippen LogP contribution is 2.41. The molecule has 0 aliphatic carbocycles. The van der Waals surface area contributed by atoms with Crippen LogP contribution in [0.15, 0.2) is 24.3 Å². The molecular weight excluding hydrogens is 359 g/mol. The van der Waals surface area contributed by atoms with Crippen LogP contribution in [0.2, 0.25) is 0 Å². The number of aromatic nitrogens is 2. The van der Waals surface area contributed by atoms with E-state index in [1.54, 1.807) is 24.3 Å². The van der Waals surface area contributed by atoms with Crippen molar-refractivity contribution in [3.63, 3.8) is 0 Å². The summed E-state index contributed by atoms with van der Waals surface area (Å²) in [6.07, 6.45) is -5.38. The van der Waals surface area contributed by atoms with Crippen molar-refractivity contribution in [3.8, 4) is 0 Å². The summed E-state index contributed by atoms with van der Waals surface area (Å²) >= 11 is 1.10. The van der Waals surface area contributed by atoms with Gasteiger partial charge in [-0.25, -0.2) is 4.98 Å². The lowest BCUT2D eigenvalue weighted by molar-refractivity contribution is -0.270. The summed E-state index contributed by atoms with van der Waals surface area (Å²) in [6, 6.07) is 5.36. The smallest absolute Gasteiger partial charge is 0.424 e. The number of nitrogens with one attached hydrogen (secondary N) is 1. The number of rotatable bonds is 8. The van der Waals surface area contributed by atoms with Crippen molar-refractivity contribution in [1.82, 2.24) is 9.97 Å². The molecule has 5 N–H and O–H groups in total. The molecule has 2 rings (SSSR count). The van der Waals surface area contributed by atoms with Crippen LogP contribution in [0.3, 0.4) is 0 Å². The van der Waals surface area contributed by atoms with Gasteiger partial charge >= 0.3 is 12.1 Å². The van der Waals surface area contributed by atoms with E-state index in [0.717, 1.165) is 11.8 Å². The largest absolute Gasteiger partial charge is 0.480 e. The van der Waals surface area contributed by atoms with Crippen LogP contribution in [0, 0.1) is 0 Å². The minimum atomic E-state index is -4.90. The fourth-order valence-electron chi connectivity index (χ4n) is 2.20. The second-order valence-electron chi connectivity index (χ2n) is 5.56. The minimum absolute atomic E-state index is 0.0284. The number of aromatic amines is 1. The Labute approximate surface area is 145 Å². The third-order valence-electron chi connectivity index (χ3n) is 3.75. The first-order valence-electron chi connectivity index (χ1n) is 7.45. The molecule has 1 aromatic heterocycles. The van der Waals surface area contributed by atoms with Gasteiger partial charge in [-0.15, -0.1) is 0 Å². The highest BCUT2D eigenvalue weighted by Gasteiger charge is 2.56. The predicted molar refractivity (Wildman–Crippen MR) is 88.2 cm³/mol. The number of carbonyl (C=O) groups is 1. The number of thioether (sulfide) groups is 1. The topological polar surface area (TPSA) is 112 Å². The number of alkyl halides is 3. The zero-order valence-electron chi connectivity index (χ0n) is 13.1.